The van der Waals surface area contributed by atoms with Crippen LogP contribution in [0.25, 0.3) is 0 Å². The Kier molecular flexibility index (Phi) is 4.62. The Morgan fingerprint density at radius 1 is 1.50 bits per heavy atom. The van der Waals surface area contributed by atoms with Crippen LogP contribution in [-0.2, 0) is 9.53 Å². The lowest BCUT2D eigenvalue weighted by Crippen LogP contribution is -2.39. The van der Waals surface area contributed by atoms with E-state index in [0.717, 1.165) is 32.4 Å². The van der Waals surface area contributed by atoms with Gasteiger partial charge in [-0.25, -0.2) is 0 Å². The van der Waals surface area contributed by atoms with Gasteiger partial charge in [-0.3, -0.25) is 10.1 Å². The molecule has 18 heavy (non-hydrogen) atoms. The fraction of sp³-hybridized carbons (Fsp3) is 0.929. The smallest absolute Gasteiger partial charge is 0.240 e. The number of rotatable bonds is 5. The molecule has 2 aliphatic rings. The van der Waals surface area contributed by atoms with Crippen molar-refractivity contribution in [2.45, 2.75) is 64.8 Å². The molecule has 104 valence electrons. The van der Waals surface area contributed by atoms with Crippen molar-refractivity contribution in [3.63, 3.8) is 0 Å². The van der Waals surface area contributed by atoms with E-state index in [1.165, 1.54) is 6.42 Å². The summed E-state index contributed by atoms with van der Waals surface area (Å²) in [5, 5.41) is 3.40. The molecular weight excluding hydrogens is 228 g/mol. The topological polar surface area (TPSA) is 41.6 Å². The fourth-order valence-electron chi connectivity index (χ4n) is 2.92. The lowest BCUT2D eigenvalue weighted by atomic mass is 10.1. The monoisotopic (exact) mass is 254 g/mol. The average molecular weight is 254 g/mol. The molecule has 2 aliphatic heterocycles. The maximum atomic E-state index is 12.1. The third-order valence-corrected chi connectivity index (χ3v) is 3.88. The zero-order valence-corrected chi connectivity index (χ0v) is 11.8. The van der Waals surface area contributed by atoms with Crippen LogP contribution in [0.2, 0.25) is 0 Å². The number of hydrogen-bond donors (Lipinski definition) is 1. The highest BCUT2D eigenvalue weighted by Crippen LogP contribution is 2.21. The van der Waals surface area contributed by atoms with Gasteiger partial charge in [-0.2, -0.15) is 0 Å². The van der Waals surface area contributed by atoms with Crippen LogP contribution in [0.1, 0.15) is 46.5 Å². The van der Waals surface area contributed by atoms with E-state index in [4.69, 9.17) is 4.74 Å². The van der Waals surface area contributed by atoms with Gasteiger partial charge in [0.1, 0.15) is 0 Å². The normalized spacial score (nSPS) is 32.8. The summed E-state index contributed by atoms with van der Waals surface area (Å²) in [5.41, 5.74) is 0. The van der Waals surface area contributed by atoms with Gasteiger partial charge in [-0.05, 0) is 38.5 Å². The number of carbonyl (C=O) groups excluding carboxylic acids is 1. The van der Waals surface area contributed by atoms with E-state index >= 15 is 0 Å². The maximum absolute atomic E-state index is 12.1. The Hall–Kier alpha value is -0.610. The summed E-state index contributed by atoms with van der Waals surface area (Å²) in [6.45, 7) is 8.09. The maximum Gasteiger partial charge on any atom is 0.240 e. The molecular formula is C14H26N2O2. The van der Waals surface area contributed by atoms with Gasteiger partial charge in [0.2, 0.25) is 5.91 Å². The van der Waals surface area contributed by atoms with Gasteiger partial charge in [0, 0.05) is 13.2 Å². The first-order valence-electron chi connectivity index (χ1n) is 7.26. The quantitative estimate of drug-likeness (QED) is 0.812. The van der Waals surface area contributed by atoms with Gasteiger partial charge in [0.05, 0.1) is 18.3 Å². The Morgan fingerprint density at radius 2 is 2.28 bits per heavy atom. The number of nitrogens with zero attached hydrogens (tertiary/aromatic N) is 1. The van der Waals surface area contributed by atoms with Crippen molar-refractivity contribution >= 4 is 5.91 Å². The van der Waals surface area contributed by atoms with Crippen LogP contribution >= 0.6 is 0 Å². The molecule has 1 amide bonds. The summed E-state index contributed by atoms with van der Waals surface area (Å²) in [7, 11) is 0. The van der Waals surface area contributed by atoms with Gasteiger partial charge >= 0.3 is 0 Å². The zero-order chi connectivity index (χ0) is 13.1. The molecule has 0 spiro atoms. The minimum atomic E-state index is -0.0294. The van der Waals surface area contributed by atoms with Crippen molar-refractivity contribution in [3.8, 4) is 0 Å². The van der Waals surface area contributed by atoms with Crippen LogP contribution in [0.15, 0.2) is 0 Å². The van der Waals surface area contributed by atoms with Crippen LogP contribution in [0, 0.1) is 5.92 Å². The molecule has 0 saturated carbocycles. The molecule has 0 aromatic heterocycles. The molecule has 0 radical (unpaired) electrons. The number of ether oxygens (including phenoxy) is 1. The van der Waals surface area contributed by atoms with Gasteiger partial charge in [-0.15, -0.1) is 0 Å². The molecule has 0 aromatic rings. The summed E-state index contributed by atoms with van der Waals surface area (Å²) in [6.07, 6.45) is 4.92. The molecule has 4 nitrogen and oxygen atoms in total. The second kappa shape index (κ2) is 6.02. The zero-order valence-electron chi connectivity index (χ0n) is 11.8. The van der Waals surface area contributed by atoms with Crippen LogP contribution in [0.5, 0.6) is 0 Å². The molecule has 2 rings (SSSR count). The molecule has 0 aliphatic carbocycles. The SMILES string of the molecule is CC(C)CC1NC(C)C(=O)N1CCC1CCCO1. The largest absolute Gasteiger partial charge is 0.378 e. The van der Waals surface area contributed by atoms with E-state index in [1.54, 1.807) is 0 Å². The third-order valence-electron chi connectivity index (χ3n) is 3.88. The second-order valence-electron chi connectivity index (χ2n) is 5.99. The van der Waals surface area contributed by atoms with Crippen molar-refractivity contribution in [1.29, 1.82) is 0 Å². The van der Waals surface area contributed by atoms with Gasteiger partial charge in [-0.1, -0.05) is 13.8 Å². The second-order valence-corrected chi connectivity index (χ2v) is 5.99. The van der Waals surface area contributed by atoms with E-state index < -0.39 is 0 Å². The molecule has 2 heterocycles. The van der Waals surface area contributed by atoms with Crippen molar-refractivity contribution in [2.75, 3.05) is 13.2 Å². The first kappa shape index (κ1) is 13.8. The van der Waals surface area contributed by atoms with Crippen molar-refractivity contribution in [2.24, 2.45) is 5.92 Å². The first-order valence-corrected chi connectivity index (χ1v) is 7.26. The van der Waals surface area contributed by atoms with E-state index in [9.17, 15) is 4.79 Å². The predicted octanol–water partition coefficient (Wildman–Crippen LogP) is 1.75. The fourth-order valence-corrected chi connectivity index (χ4v) is 2.92. The number of carbonyl (C=O) groups is 1. The minimum Gasteiger partial charge on any atom is -0.378 e. The summed E-state index contributed by atoms with van der Waals surface area (Å²) in [4.78, 5) is 14.1. The van der Waals surface area contributed by atoms with E-state index in [2.05, 4.69) is 19.2 Å². The Morgan fingerprint density at radius 3 is 2.89 bits per heavy atom. The van der Waals surface area contributed by atoms with Crippen LogP contribution in [0.3, 0.4) is 0 Å². The summed E-state index contributed by atoms with van der Waals surface area (Å²) in [6, 6.07) is -0.0294. The average Bonchev–Trinajstić information content (AvgIpc) is 2.88. The number of amides is 1. The van der Waals surface area contributed by atoms with Crippen molar-refractivity contribution in [3.05, 3.63) is 0 Å². The van der Waals surface area contributed by atoms with Crippen LogP contribution in [-0.4, -0.2) is 42.3 Å². The van der Waals surface area contributed by atoms with Crippen LogP contribution in [0.4, 0.5) is 0 Å². The molecule has 4 heteroatoms. The van der Waals surface area contributed by atoms with E-state index in [0.29, 0.717) is 12.0 Å². The number of nitrogens with one attached hydrogen (secondary N) is 1. The lowest BCUT2D eigenvalue weighted by molar-refractivity contribution is -0.130. The van der Waals surface area contributed by atoms with Gasteiger partial charge < -0.3 is 9.64 Å². The standard InChI is InChI=1S/C14H26N2O2/c1-10(2)9-13-15-11(3)14(17)16(13)7-6-12-5-4-8-18-12/h10-13,15H,4-9H2,1-3H3. The summed E-state index contributed by atoms with van der Waals surface area (Å²) in [5.74, 6) is 0.851. The first-order chi connectivity index (χ1) is 8.58. The third kappa shape index (κ3) is 3.23. The number of hydrogen-bond acceptors (Lipinski definition) is 3. The van der Waals surface area contributed by atoms with Gasteiger partial charge in [0.25, 0.3) is 0 Å². The van der Waals surface area contributed by atoms with Crippen molar-refractivity contribution < 1.29 is 9.53 Å². The molecule has 1 N–H and O–H groups in total. The molecule has 3 unspecified atom stereocenters. The molecule has 2 fully saturated rings. The Labute approximate surface area is 110 Å². The summed E-state index contributed by atoms with van der Waals surface area (Å²) < 4.78 is 5.63. The van der Waals surface area contributed by atoms with E-state index in [1.807, 2.05) is 11.8 Å². The highest BCUT2D eigenvalue weighted by atomic mass is 16.5. The molecule has 2 saturated heterocycles. The Balaban J connectivity index is 1.87. The molecule has 0 bridgehead atoms. The highest BCUT2D eigenvalue weighted by Gasteiger charge is 2.36. The van der Waals surface area contributed by atoms with Crippen molar-refractivity contribution in [1.82, 2.24) is 10.2 Å². The highest BCUT2D eigenvalue weighted by molar-refractivity contribution is 5.83. The van der Waals surface area contributed by atoms with Gasteiger partial charge in [0.15, 0.2) is 0 Å². The Bertz CT molecular complexity index is 288. The predicted molar refractivity (Wildman–Crippen MR) is 71.1 cm³/mol. The lowest BCUT2D eigenvalue weighted by Gasteiger charge is -2.26. The van der Waals surface area contributed by atoms with Crippen LogP contribution < -0.4 is 5.32 Å². The molecule has 0 aromatic carbocycles. The summed E-state index contributed by atoms with van der Waals surface area (Å²) >= 11 is 0. The molecule has 3 atom stereocenters. The minimum absolute atomic E-state index is 0.0294. The van der Waals surface area contributed by atoms with E-state index in [-0.39, 0.29) is 18.1 Å².